The lowest BCUT2D eigenvalue weighted by Gasteiger charge is -2.35. The molecule has 0 spiro atoms. The molecule has 5 nitrogen and oxygen atoms in total. The fraction of sp³-hybridized carbons (Fsp3) is 0.692. The predicted octanol–water partition coefficient (Wildman–Crippen LogP) is 2.56. The van der Waals surface area contributed by atoms with Crippen LogP contribution >= 0.6 is 11.6 Å². The fourth-order valence-corrected chi connectivity index (χ4v) is 2.28. The van der Waals surface area contributed by atoms with Crippen molar-refractivity contribution in [1.82, 2.24) is 14.9 Å². The average Bonchev–Trinajstić information content (AvgIpc) is 2.27. The molecule has 1 aromatic heterocycles. The highest BCUT2D eigenvalue weighted by Crippen LogP contribution is 2.29. The van der Waals surface area contributed by atoms with Gasteiger partial charge in [0.2, 0.25) is 0 Å². The molecule has 0 radical (unpaired) electrons. The van der Waals surface area contributed by atoms with Crippen LogP contribution in [0, 0.1) is 5.41 Å². The summed E-state index contributed by atoms with van der Waals surface area (Å²) in [5, 5.41) is 6.88. The van der Waals surface area contributed by atoms with Gasteiger partial charge in [-0.2, -0.15) is 0 Å². The van der Waals surface area contributed by atoms with Gasteiger partial charge in [-0.1, -0.05) is 25.4 Å². The van der Waals surface area contributed by atoms with Gasteiger partial charge in [-0.05, 0) is 26.4 Å². The van der Waals surface area contributed by atoms with Gasteiger partial charge in [0, 0.05) is 19.6 Å². The van der Waals surface area contributed by atoms with Gasteiger partial charge in [-0.25, -0.2) is 9.97 Å². The number of nitrogens with one attached hydrogen (secondary N) is 2. The van der Waals surface area contributed by atoms with Crippen LogP contribution in [0.25, 0.3) is 0 Å². The molecule has 1 atom stereocenters. The Labute approximate surface area is 120 Å². The summed E-state index contributed by atoms with van der Waals surface area (Å²) in [6, 6.07) is 0.243. The van der Waals surface area contributed by atoms with E-state index in [2.05, 4.69) is 60.4 Å². The Bertz CT molecular complexity index is 419. The maximum atomic E-state index is 6.05. The number of halogens is 1. The van der Waals surface area contributed by atoms with E-state index in [-0.39, 0.29) is 11.5 Å². The Morgan fingerprint density at radius 2 is 2.00 bits per heavy atom. The molecule has 19 heavy (non-hydrogen) atoms. The topological polar surface area (TPSA) is 53.1 Å². The van der Waals surface area contributed by atoms with Crippen molar-refractivity contribution in [2.45, 2.75) is 26.8 Å². The lowest BCUT2D eigenvalue weighted by Crippen LogP contribution is -2.41. The molecule has 6 heteroatoms. The summed E-state index contributed by atoms with van der Waals surface area (Å²) in [5.74, 6) is 0.738. The van der Waals surface area contributed by atoms with Crippen LogP contribution in [0.4, 0.5) is 11.5 Å². The highest BCUT2D eigenvalue weighted by molar-refractivity contribution is 6.32. The minimum Gasteiger partial charge on any atom is -0.383 e. The lowest BCUT2D eigenvalue weighted by atomic mass is 9.85. The molecule has 0 aromatic carbocycles. The minimum absolute atomic E-state index is 0.103. The van der Waals surface area contributed by atoms with Gasteiger partial charge in [0.05, 0.1) is 0 Å². The van der Waals surface area contributed by atoms with Gasteiger partial charge in [0.25, 0.3) is 0 Å². The smallest absolute Gasteiger partial charge is 0.157 e. The second-order valence-corrected chi connectivity index (χ2v) is 6.09. The van der Waals surface area contributed by atoms with E-state index in [0.29, 0.717) is 5.15 Å². The molecule has 1 rings (SSSR count). The van der Waals surface area contributed by atoms with Crippen molar-refractivity contribution in [1.29, 1.82) is 0 Å². The Kier molecular flexibility index (Phi) is 5.38. The molecule has 0 saturated heterocycles. The van der Waals surface area contributed by atoms with E-state index in [9.17, 15) is 0 Å². The van der Waals surface area contributed by atoms with Crippen LogP contribution in [-0.4, -0.2) is 48.6 Å². The van der Waals surface area contributed by atoms with Crippen LogP contribution in [0.5, 0.6) is 0 Å². The monoisotopic (exact) mass is 285 g/mol. The van der Waals surface area contributed by atoms with Crippen molar-refractivity contribution in [2.24, 2.45) is 5.41 Å². The van der Waals surface area contributed by atoms with Crippen LogP contribution in [0.15, 0.2) is 6.33 Å². The molecular weight excluding hydrogens is 262 g/mol. The summed E-state index contributed by atoms with van der Waals surface area (Å²) in [5.41, 5.74) is 0.836. The first-order valence-electron chi connectivity index (χ1n) is 6.37. The summed E-state index contributed by atoms with van der Waals surface area (Å²) in [7, 11) is 5.97. The maximum Gasteiger partial charge on any atom is 0.157 e. The van der Waals surface area contributed by atoms with E-state index in [1.165, 1.54) is 6.33 Å². The molecule has 1 unspecified atom stereocenters. The highest BCUT2D eigenvalue weighted by atomic mass is 35.5. The molecule has 1 aromatic rings. The van der Waals surface area contributed by atoms with Crippen LogP contribution in [0.1, 0.15) is 20.8 Å². The maximum absolute atomic E-state index is 6.05. The van der Waals surface area contributed by atoms with Crippen LogP contribution in [0.3, 0.4) is 0 Å². The van der Waals surface area contributed by atoms with E-state index in [1.807, 2.05) is 7.05 Å². The number of hydrogen-bond acceptors (Lipinski definition) is 5. The van der Waals surface area contributed by atoms with Crippen molar-refractivity contribution in [3.05, 3.63) is 11.5 Å². The van der Waals surface area contributed by atoms with Crippen LogP contribution < -0.4 is 10.6 Å². The fourth-order valence-electron chi connectivity index (χ4n) is 2.05. The zero-order valence-electron chi connectivity index (χ0n) is 12.6. The Morgan fingerprint density at radius 3 is 2.53 bits per heavy atom. The van der Waals surface area contributed by atoms with Crippen LogP contribution in [0.2, 0.25) is 5.15 Å². The molecule has 0 fully saturated rings. The third kappa shape index (κ3) is 4.21. The van der Waals surface area contributed by atoms with Gasteiger partial charge in [0.1, 0.15) is 12.0 Å². The number of aromatic nitrogens is 2. The average molecular weight is 286 g/mol. The molecule has 0 aliphatic carbocycles. The van der Waals surface area contributed by atoms with Gasteiger partial charge in [-0.15, -0.1) is 0 Å². The van der Waals surface area contributed by atoms with Gasteiger partial charge >= 0.3 is 0 Å². The molecule has 0 aliphatic rings. The van der Waals surface area contributed by atoms with Crippen LogP contribution in [-0.2, 0) is 0 Å². The molecule has 0 bridgehead atoms. The minimum atomic E-state index is 0.103. The molecule has 0 aliphatic heterocycles. The predicted molar refractivity (Wildman–Crippen MR) is 82.0 cm³/mol. The Morgan fingerprint density at radius 1 is 1.37 bits per heavy atom. The molecule has 1 heterocycles. The van der Waals surface area contributed by atoms with E-state index in [0.717, 1.165) is 18.1 Å². The van der Waals surface area contributed by atoms with E-state index in [4.69, 9.17) is 11.6 Å². The SMILES string of the molecule is CNc1c(Cl)ncnc1NC(C)C(C)(C)CN(C)C. The third-order valence-corrected chi connectivity index (χ3v) is 3.59. The molecule has 0 saturated carbocycles. The lowest BCUT2D eigenvalue weighted by molar-refractivity contribution is 0.217. The van der Waals surface area contributed by atoms with Gasteiger partial charge < -0.3 is 15.5 Å². The summed E-state index contributed by atoms with van der Waals surface area (Å²) < 4.78 is 0. The first-order chi connectivity index (χ1) is 8.77. The Hall–Kier alpha value is -1.07. The number of anilines is 2. The second-order valence-electron chi connectivity index (χ2n) is 5.73. The van der Waals surface area contributed by atoms with E-state index in [1.54, 1.807) is 0 Å². The van der Waals surface area contributed by atoms with Crippen molar-refractivity contribution in [3.8, 4) is 0 Å². The van der Waals surface area contributed by atoms with Crippen molar-refractivity contribution in [2.75, 3.05) is 38.3 Å². The summed E-state index contributed by atoms with van der Waals surface area (Å²) in [6.45, 7) is 7.59. The molecular formula is C13H24ClN5. The zero-order chi connectivity index (χ0) is 14.6. The highest BCUT2D eigenvalue weighted by Gasteiger charge is 2.27. The van der Waals surface area contributed by atoms with E-state index < -0.39 is 0 Å². The van der Waals surface area contributed by atoms with Gasteiger partial charge in [0.15, 0.2) is 11.0 Å². The molecule has 2 N–H and O–H groups in total. The number of hydrogen-bond donors (Lipinski definition) is 2. The van der Waals surface area contributed by atoms with Gasteiger partial charge in [-0.3, -0.25) is 0 Å². The molecule has 108 valence electrons. The Balaban J connectivity index is 2.87. The van der Waals surface area contributed by atoms with Crippen molar-refractivity contribution >= 4 is 23.1 Å². The summed E-state index contributed by atoms with van der Waals surface area (Å²) in [4.78, 5) is 10.4. The van der Waals surface area contributed by atoms with Crippen molar-refractivity contribution < 1.29 is 0 Å². The standard InChI is InChI=1S/C13H24ClN5/c1-9(13(2,3)7-19(5)6)18-12-10(15-4)11(14)16-8-17-12/h8-9,15H,7H2,1-6H3,(H,16,17,18). The van der Waals surface area contributed by atoms with Crippen molar-refractivity contribution in [3.63, 3.8) is 0 Å². The quantitative estimate of drug-likeness (QED) is 0.787. The number of nitrogens with zero attached hydrogens (tertiary/aromatic N) is 3. The first-order valence-corrected chi connectivity index (χ1v) is 6.75. The van der Waals surface area contributed by atoms with E-state index >= 15 is 0 Å². The third-order valence-electron chi connectivity index (χ3n) is 3.30. The number of rotatable bonds is 6. The second kappa shape index (κ2) is 6.39. The normalized spacial score (nSPS) is 13.5. The molecule has 0 amide bonds. The first kappa shape index (κ1) is 16.0. The summed E-state index contributed by atoms with van der Waals surface area (Å²) in [6.07, 6.45) is 1.47. The summed E-state index contributed by atoms with van der Waals surface area (Å²) >= 11 is 6.05. The largest absolute Gasteiger partial charge is 0.383 e. The zero-order valence-corrected chi connectivity index (χ0v) is 13.3.